The molecule has 0 spiro atoms. The minimum atomic E-state index is -0.0909. The first-order valence-electron chi connectivity index (χ1n) is 9.71. The molecule has 1 fully saturated rings. The zero-order valence-electron chi connectivity index (χ0n) is 15.7. The van der Waals surface area contributed by atoms with E-state index in [1.54, 1.807) is 11.0 Å². The first kappa shape index (κ1) is 17.5. The van der Waals surface area contributed by atoms with Crippen molar-refractivity contribution in [3.8, 4) is 0 Å². The number of piperidine rings is 1. The largest absolute Gasteiger partial charge is 0.437 e. The second-order valence-corrected chi connectivity index (χ2v) is 7.23. The van der Waals surface area contributed by atoms with Crippen LogP contribution in [-0.2, 0) is 4.79 Å². The van der Waals surface area contributed by atoms with Crippen molar-refractivity contribution in [1.82, 2.24) is 19.4 Å². The van der Waals surface area contributed by atoms with Gasteiger partial charge in [-0.25, -0.2) is 9.78 Å². The summed E-state index contributed by atoms with van der Waals surface area (Å²) >= 11 is 0. The molecule has 1 N–H and O–H groups in total. The van der Waals surface area contributed by atoms with Gasteiger partial charge in [-0.3, -0.25) is 9.36 Å². The van der Waals surface area contributed by atoms with Crippen molar-refractivity contribution in [2.24, 2.45) is 0 Å². The van der Waals surface area contributed by atoms with Gasteiger partial charge < -0.3 is 14.3 Å². The van der Waals surface area contributed by atoms with Gasteiger partial charge in [-0.15, -0.1) is 0 Å². The molecule has 7 nitrogen and oxygen atoms in total. The van der Waals surface area contributed by atoms with Crippen molar-refractivity contribution in [2.75, 3.05) is 13.1 Å². The lowest BCUT2D eigenvalue weighted by Gasteiger charge is -2.31. The smallest absolute Gasteiger partial charge is 0.326 e. The van der Waals surface area contributed by atoms with Crippen LogP contribution < -0.4 is 5.69 Å². The fourth-order valence-corrected chi connectivity index (χ4v) is 3.99. The molecule has 4 aromatic rings. The highest BCUT2D eigenvalue weighted by molar-refractivity contribution is 5.91. The Morgan fingerprint density at radius 1 is 1.10 bits per heavy atom. The van der Waals surface area contributed by atoms with Gasteiger partial charge in [0.25, 0.3) is 0 Å². The fraction of sp³-hybridized carbons (Fsp3) is 0.227. The number of likely N-dealkylation sites (tertiary alicyclic amines) is 1. The molecule has 3 heterocycles. The molecule has 7 heteroatoms. The second-order valence-electron chi connectivity index (χ2n) is 7.23. The molecule has 0 radical (unpaired) electrons. The number of oxazole rings is 1. The van der Waals surface area contributed by atoms with Crippen LogP contribution >= 0.6 is 0 Å². The SMILES string of the molecule is O=C(C=Cc1nc2ccccc2o1)N1CCC(n2c(=O)[nH]c3ccccc32)CC1. The number of imidazole rings is 1. The van der Waals surface area contributed by atoms with Crippen molar-refractivity contribution >= 4 is 34.1 Å². The molecule has 1 amide bonds. The van der Waals surface area contributed by atoms with Gasteiger partial charge in [0, 0.05) is 31.3 Å². The molecule has 1 saturated heterocycles. The average molecular weight is 388 g/mol. The van der Waals surface area contributed by atoms with Crippen LogP contribution in [0.5, 0.6) is 0 Å². The summed E-state index contributed by atoms with van der Waals surface area (Å²) < 4.78 is 7.44. The number of para-hydroxylation sites is 4. The Morgan fingerprint density at radius 3 is 2.69 bits per heavy atom. The number of carbonyl (C=O) groups excluding carboxylic acids is 1. The molecule has 0 unspecified atom stereocenters. The summed E-state index contributed by atoms with van der Waals surface area (Å²) in [5, 5.41) is 0. The molecule has 2 aromatic heterocycles. The second kappa shape index (κ2) is 7.09. The van der Waals surface area contributed by atoms with E-state index in [-0.39, 0.29) is 17.6 Å². The monoisotopic (exact) mass is 388 g/mol. The van der Waals surface area contributed by atoms with E-state index < -0.39 is 0 Å². The summed E-state index contributed by atoms with van der Waals surface area (Å²) in [6, 6.07) is 15.3. The number of carbonyl (C=O) groups is 1. The summed E-state index contributed by atoms with van der Waals surface area (Å²) in [5.41, 5.74) is 3.14. The molecular formula is C22H20N4O3. The Hall–Kier alpha value is -3.61. The predicted molar refractivity (Wildman–Crippen MR) is 110 cm³/mol. The van der Waals surface area contributed by atoms with Gasteiger partial charge in [-0.2, -0.15) is 0 Å². The van der Waals surface area contributed by atoms with E-state index in [4.69, 9.17) is 4.42 Å². The Balaban J connectivity index is 1.27. The molecule has 0 atom stereocenters. The number of H-pyrrole nitrogens is 1. The van der Waals surface area contributed by atoms with E-state index >= 15 is 0 Å². The molecule has 0 saturated carbocycles. The highest BCUT2D eigenvalue weighted by Gasteiger charge is 2.25. The molecule has 0 aliphatic carbocycles. The lowest BCUT2D eigenvalue weighted by molar-refractivity contribution is -0.127. The van der Waals surface area contributed by atoms with Crippen LogP contribution in [0.2, 0.25) is 0 Å². The zero-order valence-corrected chi connectivity index (χ0v) is 15.7. The van der Waals surface area contributed by atoms with Crippen LogP contribution in [0, 0.1) is 0 Å². The predicted octanol–water partition coefficient (Wildman–Crippen LogP) is 3.35. The number of aromatic nitrogens is 3. The Morgan fingerprint density at radius 2 is 1.86 bits per heavy atom. The maximum atomic E-state index is 12.6. The van der Waals surface area contributed by atoms with Crippen molar-refractivity contribution in [2.45, 2.75) is 18.9 Å². The molecule has 1 aliphatic rings. The van der Waals surface area contributed by atoms with Gasteiger partial charge in [-0.05, 0) is 37.1 Å². The van der Waals surface area contributed by atoms with Gasteiger partial charge >= 0.3 is 5.69 Å². The number of aromatic amines is 1. The molecule has 29 heavy (non-hydrogen) atoms. The molecule has 5 rings (SSSR count). The number of amides is 1. The molecule has 2 aromatic carbocycles. The van der Waals surface area contributed by atoms with Crippen molar-refractivity contribution < 1.29 is 9.21 Å². The van der Waals surface area contributed by atoms with Crippen molar-refractivity contribution in [1.29, 1.82) is 0 Å². The van der Waals surface area contributed by atoms with Gasteiger partial charge in [0.2, 0.25) is 11.8 Å². The lowest BCUT2D eigenvalue weighted by Crippen LogP contribution is -2.39. The molecule has 1 aliphatic heterocycles. The maximum Gasteiger partial charge on any atom is 0.326 e. The topological polar surface area (TPSA) is 84.1 Å². The van der Waals surface area contributed by atoms with Crippen LogP contribution in [0.15, 0.2) is 63.8 Å². The van der Waals surface area contributed by atoms with E-state index in [9.17, 15) is 9.59 Å². The number of hydrogen-bond acceptors (Lipinski definition) is 4. The first-order valence-corrected chi connectivity index (χ1v) is 9.71. The third kappa shape index (κ3) is 3.24. The number of nitrogens with zero attached hydrogens (tertiary/aromatic N) is 3. The van der Waals surface area contributed by atoms with E-state index in [0.29, 0.717) is 24.6 Å². The van der Waals surface area contributed by atoms with E-state index in [2.05, 4.69) is 9.97 Å². The molecule has 0 bridgehead atoms. The number of fused-ring (bicyclic) bond motifs is 2. The van der Waals surface area contributed by atoms with E-state index in [1.165, 1.54) is 6.08 Å². The summed E-state index contributed by atoms with van der Waals surface area (Å²) in [6.07, 6.45) is 4.59. The van der Waals surface area contributed by atoms with Crippen LogP contribution in [0.3, 0.4) is 0 Å². The maximum absolute atomic E-state index is 12.6. The molecule has 146 valence electrons. The van der Waals surface area contributed by atoms with Gasteiger partial charge in [0.05, 0.1) is 11.0 Å². The Labute approximate surface area is 166 Å². The number of benzene rings is 2. The summed E-state index contributed by atoms with van der Waals surface area (Å²) in [7, 11) is 0. The van der Waals surface area contributed by atoms with Crippen molar-refractivity contribution in [3.63, 3.8) is 0 Å². The van der Waals surface area contributed by atoms with E-state index in [1.807, 2.05) is 53.1 Å². The number of nitrogens with one attached hydrogen (secondary N) is 1. The summed E-state index contributed by atoms with van der Waals surface area (Å²) in [6.45, 7) is 1.21. The Kier molecular flexibility index (Phi) is 4.27. The average Bonchev–Trinajstić information content (AvgIpc) is 3.31. The van der Waals surface area contributed by atoms with Crippen LogP contribution in [0.1, 0.15) is 24.8 Å². The minimum absolute atomic E-state index is 0.0722. The van der Waals surface area contributed by atoms with Crippen LogP contribution in [-0.4, -0.2) is 38.4 Å². The highest BCUT2D eigenvalue weighted by Crippen LogP contribution is 2.25. The Bertz CT molecular complexity index is 1240. The van der Waals surface area contributed by atoms with Gasteiger partial charge in [0.1, 0.15) is 5.52 Å². The van der Waals surface area contributed by atoms with Gasteiger partial charge in [-0.1, -0.05) is 24.3 Å². The summed E-state index contributed by atoms with van der Waals surface area (Å²) in [4.78, 5) is 34.0. The standard InChI is InChI=1S/C22H20N4O3/c27-21(10-9-20-23-17-6-2-4-8-19(17)29-20)25-13-11-15(12-14-25)26-18-7-3-1-5-16(18)24-22(26)28/h1-10,15H,11-14H2,(H,24,28). The zero-order chi connectivity index (χ0) is 19.8. The molecular weight excluding hydrogens is 368 g/mol. The van der Waals surface area contributed by atoms with Crippen molar-refractivity contribution in [3.05, 3.63) is 71.0 Å². The quantitative estimate of drug-likeness (QED) is 0.546. The summed E-state index contributed by atoms with van der Waals surface area (Å²) in [5.74, 6) is 0.344. The third-order valence-electron chi connectivity index (χ3n) is 5.44. The normalized spacial score (nSPS) is 15.7. The lowest BCUT2D eigenvalue weighted by atomic mass is 10.0. The number of hydrogen-bond donors (Lipinski definition) is 1. The third-order valence-corrected chi connectivity index (χ3v) is 5.44. The number of rotatable bonds is 3. The van der Waals surface area contributed by atoms with Crippen LogP contribution in [0.4, 0.5) is 0 Å². The van der Waals surface area contributed by atoms with Crippen LogP contribution in [0.25, 0.3) is 28.2 Å². The highest BCUT2D eigenvalue weighted by atomic mass is 16.3. The van der Waals surface area contributed by atoms with E-state index in [0.717, 1.165) is 29.4 Å². The fourth-order valence-electron chi connectivity index (χ4n) is 3.99. The van der Waals surface area contributed by atoms with Gasteiger partial charge in [0.15, 0.2) is 5.58 Å². The first-order chi connectivity index (χ1) is 14.2. The minimum Gasteiger partial charge on any atom is -0.437 e.